The monoisotopic (exact) mass is 615 g/mol. The van der Waals surface area contributed by atoms with Crippen molar-refractivity contribution in [1.82, 2.24) is 4.98 Å². The number of Topliss-reactive ketones (excluding diaryl/α,β-unsaturated/α-hetero) is 2. The third-order valence-electron chi connectivity index (χ3n) is 7.29. The fourth-order valence-electron chi connectivity index (χ4n) is 5.16. The first-order chi connectivity index (χ1) is 20.3. The Bertz CT molecular complexity index is 1460. The molecule has 1 aliphatic rings. The number of alkyl halides is 2. The molecule has 1 saturated carbocycles. The van der Waals surface area contributed by atoms with E-state index in [1.165, 1.54) is 12.3 Å². The number of rotatable bonds is 10. The smallest absolute Gasteiger partial charge is 0.387 e. The van der Waals surface area contributed by atoms with E-state index in [-0.39, 0.29) is 45.8 Å². The predicted molar refractivity (Wildman–Crippen MR) is 156 cm³/mol. The molecular weight excluding hydrogens is 583 g/mol. The van der Waals surface area contributed by atoms with Crippen LogP contribution >= 0.6 is 11.6 Å². The molecule has 0 radical (unpaired) electrons. The number of hydrogen-bond donors (Lipinski definition) is 0. The van der Waals surface area contributed by atoms with Crippen molar-refractivity contribution in [2.24, 2.45) is 5.92 Å². The minimum absolute atomic E-state index is 0.0731. The van der Waals surface area contributed by atoms with Gasteiger partial charge in [-0.05, 0) is 81.8 Å². The lowest BCUT2D eigenvalue weighted by molar-refractivity contribution is -0.121. The number of pyridine rings is 1. The lowest BCUT2D eigenvalue weighted by atomic mass is 9.79. The quantitative estimate of drug-likeness (QED) is 0.214. The number of ether oxygens (including phenoxy) is 2. The first-order valence-corrected chi connectivity index (χ1v) is 14.4. The van der Waals surface area contributed by atoms with Crippen LogP contribution in [-0.2, 0) is 20.7 Å². The summed E-state index contributed by atoms with van der Waals surface area (Å²) in [5.74, 6) is -2.17. The molecule has 0 spiro atoms. The number of aromatic nitrogens is 1. The molecule has 1 atom stereocenters. The number of carbonyl (C=O) groups excluding carboxylic acids is 3. The van der Waals surface area contributed by atoms with Crippen LogP contribution in [0.1, 0.15) is 80.4 Å². The molecule has 0 N–H and O–H groups in total. The molecule has 1 heterocycles. The largest absolute Gasteiger partial charge is 0.456 e. The van der Waals surface area contributed by atoms with E-state index < -0.39 is 29.9 Å². The second-order valence-electron chi connectivity index (χ2n) is 11.7. The zero-order chi connectivity index (χ0) is 31.3. The summed E-state index contributed by atoms with van der Waals surface area (Å²) in [6, 6.07) is 12.0. The van der Waals surface area contributed by atoms with Gasteiger partial charge in [-0.3, -0.25) is 14.6 Å². The van der Waals surface area contributed by atoms with Crippen LogP contribution in [0, 0.1) is 11.7 Å². The molecule has 43 heavy (non-hydrogen) atoms. The van der Waals surface area contributed by atoms with Gasteiger partial charge in [-0.25, -0.2) is 9.18 Å². The molecule has 1 unspecified atom stereocenters. The van der Waals surface area contributed by atoms with E-state index >= 15 is 0 Å². The molecule has 0 saturated heterocycles. The maximum Gasteiger partial charge on any atom is 0.387 e. The second-order valence-corrected chi connectivity index (χ2v) is 12.1. The number of ketones is 2. The first-order valence-electron chi connectivity index (χ1n) is 14.1. The van der Waals surface area contributed by atoms with Gasteiger partial charge in [-0.15, -0.1) is 0 Å². The van der Waals surface area contributed by atoms with Gasteiger partial charge in [0.05, 0.1) is 27.8 Å². The Morgan fingerprint density at radius 1 is 1.02 bits per heavy atom. The van der Waals surface area contributed by atoms with Crippen LogP contribution in [0.2, 0.25) is 5.02 Å². The highest BCUT2D eigenvalue weighted by molar-refractivity contribution is 6.31. The molecule has 3 aromatic rings. The van der Waals surface area contributed by atoms with Gasteiger partial charge in [0.2, 0.25) is 0 Å². The van der Waals surface area contributed by atoms with Crippen molar-refractivity contribution >= 4 is 29.1 Å². The zero-order valence-electron chi connectivity index (χ0n) is 24.2. The van der Waals surface area contributed by atoms with Crippen molar-refractivity contribution in [2.75, 3.05) is 0 Å². The topological polar surface area (TPSA) is 82.6 Å². The van der Waals surface area contributed by atoms with E-state index in [9.17, 15) is 27.6 Å². The molecule has 6 nitrogen and oxygen atoms in total. The fraction of sp³-hybridized carbons (Fsp3) is 0.394. The molecule has 228 valence electrons. The van der Waals surface area contributed by atoms with Crippen LogP contribution in [0.5, 0.6) is 5.75 Å². The second kappa shape index (κ2) is 13.7. The predicted octanol–water partition coefficient (Wildman–Crippen LogP) is 8.14. The Hall–Kier alpha value is -3.72. The molecule has 1 aromatic heterocycles. The van der Waals surface area contributed by atoms with Crippen molar-refractivity contribution < 1.29 is 37.0 Å². The van der Waals surface area contributed by atoms with E-state index in [4.69, 9.17) is 16.3 Å². The lowest BCUT2D eigenvalue weighted by Gasteiger charge is -2.25. The van der Waals surface area contributed by atoms with Crippen molar-refractivity contribution in [1.29, 1.82) is 0 Å². The lowest BCUT2D eigenvalue weighted by Crippen LogP contribution is -2.24. The van der Waals surface area contributed by atoms with Crippen molar-refractivity contribution in [3.63, 3.8) is 0 Å². The first kappa shape index (κ1) is 32.2. The molecule has 1 aliphatic carbocycles. The fourth-order valence-corrected chi connectivity index (χ4v) is 5.32. The van der Waals surface area contributed by atoms with Gasteiger partial charge in [0.1, 0.15) is 22.9 Å². The SMILES string of the molecule is CC(C)(C)OC(=O)c1ccc(CC(=O)C(CC2CCC(=O)CC2)c2ccc(-c3c(OC(F)F)ccc(Cl)c3F)cn2)cc1. The summed E-state index contributed by atoms with van der Waals surface area (Å²) in [5.41, 5.74) is 0.774. The molecular formula is C33H33ClF3NO5. The average molecular weight is 616 g/mol. The van der Waals surface area contributed by atoms with E-state index in [1.54, 1.807) is 51.1 Å². The Morgan fingerprint density at radius 3 is 2.28 bits per heavy atom. The number of nitrogens with zero attached hydrogens (tertiary/aromatic N) is 1. The molecule has 10 heteroatoms. The van der Waals surface area contributed by atoms with Gasteiger partial charge in [0.15, 0.2) is 5.82 Å². The minimum atomic E-state index is -3.17. The third-order valence-corrected chi connectivity index (χ3v) is 7.58. The Balaban J connectivity index is 1.59. The summed E-state index contributed by atoms with van der Waals surface area (Å²) in [7, 11) is 0. The van der Waals surface area contributed by atoms with Crippen molar-refractivity contribution in [2.45, 2.75) is 77.4 Å². The van der Waals surface area contributed by atoms with Gasteiger partial charge >= 0.3 is 12.6 Å². The highest BCUT2D eigenvalue weighted by Gasteiger charge is 2.29. The van der Waals surface area contributed by atoms with Gasteiger partial charge < -0.3 is 9.47 Å². The molecule has 2 aromatic carbocycles. The third kappa shape index (κ3) is 8.66. The van der Waals surface area contributed by atoms with E-state index in [0.717, 1.165) is 12.1 Å². The van der Waals surface area contributed by atoms with Gasteiger partial charge in [-0.1, -0.05) is 29.8 Å². The molecule has 1 fully saturated rings. The highest BCUT2D eigenvalue weighted by atomic mass is 35.5. The number of hydrogen-bond acceptors (Lipinski definition) is 6. The zero-order valence-corrected chi connectivity index (χ0v) is 24.9. The summed E-state index contributed by atoms with van der Waals surface area (Å²) in [5, 5.41) is -0.265. The van der Waals surface area contributed by atoms with Crippen LogP contribution in [-0.4, -0.2) is 34.7 Å². The summed E-state index contributed by atoms with van der Waals surface area (Å²) in [4.78, 5) is 42.3. The van der Waals surface area contributed by atoms with Crippen molar-refractivity contribution in [3.8, 4) is 16.9 Å². The van der Waals surface area contributed by atoms with E-state index in [0.29, 0.717) is 48.9 Å². The Kier molecular flexibility index (Phi) is 10.3. The summed E-state index contributed by atoms with van der Waals surface area (Å²) in [6.45, 7) is 2.17. The maximum absolute atomic E-state index is 14.9. The highest BCUT2D eigenvalue weighted by Crippen LogP contribution is 2.38. The number of halogens is 4. The van der Waals surface area contributed by atoms with Gasteiger partial charge in [-0.2, -0.15) is 8.78 Å². The summed E-state index contributed by atoms with van der Waals surface area (Å²) < 4.78 is 50.8. The van der Waals surface area contributed by atoms with Crippen LogP contribution in [0.4, 0.5) is 13.2 Å². The van der Waals surface area contributed by atoms with Crippen LogP contribution in [0.25, 0.3) is 11.1 Å². The van der Waals surface area contributed by atoms with E-state index in [2.05, 4.69) is 9.72 Å². The standard InChI is InChI=1S/C33H33ClF3NO5/c1-33(2,3)43-31(41)21-8-4-20(5-9-21)17-27(40)24(16-19-6-11-23(39)12-7-19)26-14-10-22(18-38-26)29-28(42-32(36)37)15-13-25(34)30(29)35/h4-5,8-10,13-15,18-19,24,32H,6-7,11-12,16-17H2,1-3H3. The molecule has 0 aliphatic heterocycles. The van der Waals surface area contributed by atoms with Gasteiger partial charge in [0, 0.05) is 31.0 Å². The number of esters is 1. The van der Waals surface area contributed by atoms with Crippen LogP contribution in [0.15, 0.2) is 54.7 Å². The van der Waals surface area contributed by atoms with Crippen LogP contribution < -0.4 is 4.74 Å². The number of benzene rings is 2. The summed E-state index contributed by atoms with van der Waals surface area (Å²) in [6.07, 6.45) is 4.13. The number of carbonyl (C=O) groups is 3. The average Bonchev–Trinajstić information content (AvgIpc) is 2.94. The molecule has 0 amide bonds. The Morgan fingerprint density at radius 2 is 1.70 bits per heavy atom. The van der Waals surface area contributed by atoms with E-state index in [1.807, 2.05) is 0 Å². The normalized spacial score (nSPS) is 14.9. The van der Waals surface area contributed by atoms with Gasteiger partial charge in [0.25, 0.3) is 0 Å². The molecule has 4 rings (SSSR count). The molecule has 0 bridgehead atoms. The maximum atomic E-state index is 14.9. The van der Waals surface area contributed by atoms with Crippen LogP contribution in [0.3, 0.4) is 0 Å². The van der Waals surface area contributed by atoms with Crippen molar-refractivity contribution in [3.05, 3.63) is 82.4 Å². The summed E-state index contributed by atoms with van der Waals surface area (Å²) >= 11 is 5.91. The Labute approximate surface area is 253 Å². The minimum Gasteiger partial charge on any atom is -0.456 e.